The molecule has 0 aromatic heterocycles. The lowest BCUT2D eigenvalue weighted by atomic mass is 9.90. The minimum Gasteiger partial charge on any atom is -0.381 e. The van der Waals surface area contributed by atoms with Crippen LogP contribution < -0.4 is 0 Å². The van der Waals surface area contributed by atoms with Crippen LogP contribution in [0.4, 0.5) is 0 Å². The molecule has 4 heteroatoms. The Balaban J connectivity index is 1.62. The van der Waals surface area contributed by atoms with E-state index in [1.54, 1.807) is 0 Å². The van der Waals surface area contributed by atoms with Gasteiger partial charge in [0.05, 0.1) is 0 Å². The van der Waals surface area contributed by atoms with Gasteiger partial charge in [0, 0.05) is 44.8 Å². The van der Waals surface area contributed by atoms with Crippen molar-refractivity contribution in [2.75, 3.05) is 32.8 Å². The number of likely N-dealkylation sites (tertiary alicyclic amines) is 2. The zero-order valence-corrected chi connectivity index (χ0v) is 16.3. The lowest BCUT2D eigenvalue weighted by molar-refractivity contribution is -0.137. The predicted molar refractivity (Wildman–Crippen MR) is 102 cm³/mol. The van der Waals surface area contributed by atoms with Gasteiger partial charge in [-0.3, -0.25) is 9.69 Å². The highest BCUT2D eigenvalue weighted by Gasteiger charge is 2.38. The molecule has 0 saturated carbocycles. The highest BCUT2D eigenvalue weighted by Crippen LogP contribution is 2.31. The SMILES string of the molecule is CCCCCC(=O)N1CCC[C@@H]2[C@H]1CCCCN2CC1CCOCC1. The fourth-order valence-electron chi connectivity index (χ4n) is 5.11. The molecule has 3 saturated heterocycles. The summed E-state index contributed by atoms with van der Waals surface area (Å²) in [6.07, 6.45) is 12.9. The van der Waals surface area contributed by atoms with Crippen LogP contribution in [0, 0.1) is 5.92 Å². The van der Waals surface area contributed by atoms with Crippen LogP contribution in [-0.2, 0) is 9.53 Å². The number of hydrogen-bond acceptors (Lipinski definition) is 3. The van der Waals surface area contributed by atoms with E-state index < -0.39 is 0 Å². The molecular formula is C21H38N2O2. The van der Waals surface area contributed by atoms with Gasteiger partial charge in [-0.05, 0) is 57.4 Å². The Hall–Kier alpha value is -0.610. The van der Waals surface area contributed by atoms with Crippen molar-refractivity contribution in [2.45, 2.75) is 89.6 Å². The molecule has 0 bridgehead atoms. The summed E-state index contributed by atoms with van der Waals surface area (Å²) >= 11 is 0. The van der Waals surface area contributed by atoms with E-state index in [9.17, 15) is 4.79 Å². The van der Waals surface area contributed by atoms with E-state index in [0.717, 1.165) is 38.5 Å². The fourth-order valence-corrected chi connectivity index (χ4v) is 5.11. The van der Waals surface area contributed by atoms with Crippen LogP contribution in [0.5, 0.6) is 0 Å². The first-order chi connectivity index (χ1) is 12.3. The number of nitrogens with zero attached hydrogens (tertiary/aromatic N) is 2. The standard InChI is InChI=1S/C21H38N2O2/c1-2-3-4-10-21(24)23-14-7-9-19-20(23)8-5-6-13-22(19)17-18-11-15-25-16-12-18/h18-20H,2-17H2,1H3/t19-,20-/m1/s1. The van der Waals surface area contributed by atoms with Crippen LogP contribution >= 0.6 is 0 Å². The van der Waals surface area contributed by atoms with E-state index in [2.05, 4.69) is 16.7 Å². The van der Waals surface area contributed by atoms with E-state index in [-0.39, 0.29) is 0 Å². The number of unbranched alkanes of at least 4 members (excludes halogenated alkanes) is 2. The average Bonchev–Trinajstić information content (AvgIpc) is 2.85. The van der Waals surface area contributed by atoms with Crippen LogP contribution in [0.25, 0.3) is 0 Å². The molecule has 0 aliphatic carbocycles. The highest BCUT2D eigenvalue weighted by atomic mass is 16.5. The third kappa shape index (κ3) is 5.19. The summed E-state index contributed by atoms with van der Waals surface area (Å²) in [6, 6.07) is 1.08. The van der Waals surface area contributed by atoms with Gasteiger partial charge >= 0.3 is 0 Å². The lowest BCUT2D eigenvalue weighted by Crippen LogP contribution is -2.57. The van der Waals surface area contributed by atoms with Gasteiger partial charge in [0.15, 0.2) is 0 Å². The topological polar surface area (TPSA) is 32.8 Å². The van der Waals surface area contributed by atoms with Crippen molar-refractivity contribution in [3.63, 3.8) is 0 Å². The molecule has 0 N–H and O–H groups in total. The maximum atomic E-state index is 12.8. The first-order valence-electron chi connectivity index (χ1n) is 10.9. The van der Waals surface area contributed by atoms with Crippen molar-refractivity contribution >= 4 is 5.91 Å². The number of ether oxygens (including phenoxy) is 1. The van der Waals surface area contributed by atoms with E-state index in [1.165, 1.54) is 70.9 Å². The highest BCUT2D eigenvalue weighted by molar-refractivity contribution is 5.76. The summed E-state index contributed by atoms with van der Waals surface area (Å²) in [6.45, 7) is 7.54. The van der Waals surface area contributed by atoms with Gasteiger partial charge in [-0.25, -0.2) is 0 Å². The number of amides is 1. The van der Waals surface area contributed by atoms with Crippen molar-refractivity contribution in [3.05, 3.63) is 0 Å². The van der Waals surface area contributed by atoms with Crippen molar-refractivity contribution in [1.29, 1.82) is 0 Å². The van der Waals surface area contributed by atoms with Gasteiger partial charge < -0.3 is 9.64 Å². The summed E-state index contributed by atoms with van der Waals surface area (Å²) in [5, 5.41) is 0. The minimum absolute atomic E-state index is 0.427. The average molecular weight is 351 g/mol. The maximum absolute atomic E-state index is 12.8. The summed E-state index contributed by atoms with van der Waals surface area (Å²) in [5.74, 6) is 1.22. The number of rotatable bonds is 6. The normalized spacial score (nSPS) is 29.2. The molecule has 1 amide bonds. The maximum Gasteiger partial charge on any atom is 0.222 e. The molecule has 0 spiro atoms. The molecule has 3 heterocycles. The van der Waals surface area contributed by atoms with Gasteiger partial charge in [0.2, 0.25) is 5.91 Å². The van der Waals surface area contributed by atoms with E-state index in [4.69, 9.17) is 4.74 Å². The van der Waals surface area contributed by atoms with Crippen molar-refractivity contribution in [1.82, 2.24) is 9.80 Å². The van der Waals surface area contributed by atoms with E-state index >= 15 is 0 Å². The Morgan fingerprint density at radius 3 is 2.56 bits per heavy atom. The molecule has 25 heavy (non-hydrogen) atoms. The zero-order valence-electron chi connectivity index (χ0n) is 16.3. The molecule has 3 fully saturated rings. The zero-order chi connectivity index (χ0) is 17.5. The van der Waals surface area contributed by atoms with Gasteiger partial charge in [-0.15, -0.1) is 0 Å². The molecular weight excluding hydrogens is 312 g/mol. The first-order valence-corrected chi connectivity index (χ1v) is 10.9. The monoisotopic (exact) mass is 350 g/mol. The van der Waals surface area contributed by atoms with Crippen LogP contribution in [0.1, 0.15) is 77.6 Å². The molecule has 0 unspecified atom stereocenters. The summed E-state index contributed by atoms with van der Waals surface area (Å²) in [7, 11) is 0. The summed E-state index contributed by atoms with van der Waals surface area (Å²) in [5.41, 5.74) is 0. The second kappa shape index (κ2) is 9.91. The third-order valence-corrected chi connectivity index (χ3v) is 6.56. The molecule has 3 aliphatic heterocycles. The second-order valence-electron chi connectivity index (χ2n) is 8.37. The largest absolute Gasteiger partial charge is 0.381 e. The molecule has 3 aliphatic rings. The number of carbonyl (C=O) groups is 1. The molecule has 0 aromatic rings. The summed E-state index contributed by atoms with van der Waals surface area (Å²) in [4.78, 5) is 17.9. The molecule has 3 rings (SSSR count). The number of piperidine rings is 1. The van der Waals surface area contributed by atoms with Crippen LogP contribution in [0.3, 0.4) is 0 Å². The molecule has 0 aromatic carbocycles. The van der Waals surface area contributed by atoms with Gasteiger partial charge in [0.25, 0.3) is 0 Å². The van der Waals surface area contributed by atoms with Crippen LogP contribution in [0.2, 0.25) is 0 Å². The Bertz CT molecular complexity index is 409. The molecule has 4 nitrogen and oxygen atoms in total. The van der Waals surface area contributed by atoms with Gasteiger partial charge in [-0.1, -0.05) is 26.2 Å². The van der Waals surface area contributed by atoms with Gasteiger partial charge in [-0.2, -0.15) is 0 Å². The Morgan fingerprint density at radius 2 is 1.76 bits per heavy atom. The predicted octanol–water partition coefficient (Wildman–Crippen LogP) is 3.84. The smallest absolute Gasteiger partial charge is 0.222 e. The van der Waals surface area contributed by atoms with Crippen LogP contribution in [0.15, 0.2) is 0 Å². The van der Waals surface area contributed by atoms with E-state index in [1.807, 2.05) is 0 Å². The lowest BCUT2D eigenvalue weighted by Gasteiger charge is -2.46. The van der Waals surface area contributed by atoms with E-state index in [0.29, 0.717) is 18.0 Å². The number of carbonyl (C=O) groups excluding carboxylic acids is 1. The summed E-state index contributed by atoms with van der Waals surface area (Å²) < 4.78 is 5.54. The Kier molecular flexibility index (Phi) is 7.60. The Labute approximate surface area is 154 Å². The van der Waals surface area contributed by atoms with Crippen molar-refractivity contribution < 1.29 is 9.53 Å². The third-order valence-electron chi connectivity index (χ3n) is 6.56. The van der Waals surface area contributed by atoms with Crippen molar-refractivity contribution in [3.8, 4) is 0 Å². The van der Waals surface area contributed by atoms with Gasteiger partial charge in [0.1, 0.15) is 0 Å². The van der Waals surface area contributed by atoms with Crippen molar-refractivity contribution in [2.24, 2.45) is 5.92 Å². The van der Waals surface area contributed by atoms with Crippen LogP contribution in [-0.4, -0.2) is 60.6 Å². The molecule has 2 atom stereocenters. The number of fused-ring (bicyclic) bond motifs is 1. The Morgan fingerprint density at radius 1 is 0.960 bits per heavy atom. The quantitative estimate of drug-likeness (QED) is 0.682. The molecule has 0 radical (unpaired) electrons. The fraction of sp³-hybridized carbons (Fsp3) is 0.952. The number of hydrogen-bond donors (Lipinski definition) is 0. The second-order valence-corrected chi connectivity index (χ2v) is 8.37. The minimum atomic E-state index is 0.427. The first kappa shape index (κ1) is 19.2. The molecule has 144 valence electrons.